The van der Waals surface area contributed by atoms with Crippen molar-refractivity contribution in [2.24, 2.45) is 4.99 Å². The van der Waals surface area contributed by atoms with Crippen molar-refractivity contribution in [2.45, 2.75) is 12.5 Å². The molecule has 0 saturated heterocycles. The molecule has 0 fully saturated rings. The van der Waals surface area contributed by atoms with Crippen molar-refractivity contribution in [1.82, 2.24) is 0 Å². The van der Waals surface area contributed by atoms with Gasteiger partial charge in [0, 0.05) is 28.2 Å². The fourth-order valence-corrected chi connectivity index (χ4v) is 2.76. The Hall–Kier alpha value is -2.73. The van der Waals surface area contributed by atoms with Crippen molar-refractivity contribution in [3.8, 4) is 0 Å². The van der Waals surface area contributed by atoms with E-state index in [0.717, 1.165) is 15.6 Å². The summed E-state index contributed by atoms with van der Waals surface area (Å²) < 4.78 is 10.6. The Morgan fingerprint density at radius 2 is 1.70 bits per heavy atom. The molecule has 2 aromatic rings. The molecular formula is C21H20BrNO4. The van der Waals surface area contributed by atoms with Gasteiger partial charge in [-0.25, -0.2) is 9.59 Å². The van der Waals surface area contributed by atoms with Gasteiger partial charge in [-0.1, -0.05) is 64.5 Å². The normalized spacial score (nSPS) is 12.6. The number of esters is 2. The number of carbonyl (C=O) groups excluding carboxylic acids is 2. The summed E-state index contributed by atoms with van der Waals surface area (Å²) >= 11 is 3.44. The Balaban J connectivity index is 2.31. The first-order valence-corrected chi connectivity index (χ1v) is 9.04. The Morgan fingerprint density at radius 3 is 2.33 bits per heavy atom. The highest BCUT2D eigenvalue weighted by molar-refractivity contribution is 9.10. The molecule has 0 aliphatic heterocycles. The van der Waals surface area contributed by atoms with Gasteiger partial charge < -0.3 is 9.47 Å². The van der Waals surface area contributed by atoms with Crippen molar-refractivity contribution in [3.05, 3.63) is 75.8 Å². The average Bonchev–Trinajstić information content (AvgIpc) is 2.70. The van der Waals surface area contributed by atoms with Gasteiger partial charge in [0.15, 0.2) is 6.04 Å². The van der Waals surface area contributed by atoms with Crippen LogP contribution in [-0.2, 0) is 19.1 Å². The lowest BCUT2D eigenvalue weighted by Crippen LogP contribution is -2.23. The van der Waals surface area contributed by atoms with E-state index in [0.29, 0.717) is 5.57 Å². The number of nitrogens with zero attached hydrogens (tertiary/aromatic N) is 1. The van der Waals surface area contributed by atoms with Crippen LogP contribution in [0.25, 0.3) is 6.08 Å². The van der Waals surface area contributed by atoms with Crippen molar-refractivity contribution >= 4 is 40.2 Å². The van der Waals surface area contributed by atoms with Crippen LogP contribution >= 0.6 is 15.9 Å². The monoisotopic (exact) mass is 429 g/mol. The minimum Gasteiger partial charge on any atom is -0.467 e. The molecule has 0 radical (unpaired) electrons. The van der Waals surface area contributed by atoms with Gasteiger partial charge >= 0.3 is 11.9 Å². The lowest BCUT2D eigenvalue weighted by molar-refractivity contribution is -0.142. The van der Waals surface area contributed by atoms with Gasteiger partial charge in [0.2, 0.25) is 0 Å². The minimum absolute atomic E-state index is 0.0647. The molecule has 1 unspecified atom stereocenters. The van der Waals surface area contributed by atoms with Crippen molar-refractivity contribution in [3.63, 3.8) is 0 Å². The standard InChI is InChI=1S/C21H20BrNO4/c1-26-20(24)17(12-15-8-4-3-5-9-15)13-19(21(25)27-2)23-14-16-10-6-7-11-18(16)22/h3-12,14,19H,13H2,1-2H3/b17-12-,23-14?. The fraction of sp³-hybridized carbons (Fsp3) is 0.190. The van der Waals surface area contributed by atoms with Gasteiger partial charge in [-0.3, -0.25) is 4.99 Å². The largest absolute Gasteiger partial charge is 0.467 e. The van der Waals surface area contributed by atoms with E-state index in [4.69, 9.17) is 9.47 Å². The molecule has 0 N–H and O–H groups in total. The van der Waals surface area contributed by atoms with Crippen LogP contribution in [0.3, 0.4) is 0 Å². The number of methoxy groups -OCH3 is 2. The predicted octanol–water partition coefficient (Wildman–Crippen LogP) is 4.06. The van der Waals surface area contributed by atoms with E-state index in [2.05, 4.69) is 20.9 Å². The zero-order chi connectivity index (χ0) is 19.6. The van der Waals surface area contributed by atoms with Gasteiger partial charge in [0.1, 0.15) is 0 Å². The molecule has 140 valence electrons. The topological polar surface area (TPSA) is 65.0 Å². The van der Waals surface area contributed by atoms with Crippen molar-refractivity contribution in [2.75, 3.05) is 14.2 Å². The number of hydrogen-bond acceptors (Lipinski definition) is 5. The highest BCUT2D eigenvalue weighted by Crippen LogP contribution is 2.18. The van der Waals surface area contributed by atoms with Crippen molar-refractivity contribution in [1.29, 1.82) is 0 Å². The molecule has 0 aliphatic rings. The predicted molar refractivity (Wildman–Crippen MR) is 109 cm³/mol. The Kier molecular flexibility index (Phi) is 7.95. The third-order valence-corrected chi connectivity index (χ3v) is 4.50. The SMILES string of the molecule is COC(=O)/C(=C\c1ccccc1)CC(N=Cc1ccccc1Br)C(=O)OC. The maximum Gasteiger partial charge on any atom is 0.333 e. The molecule has 2 aromatic carbocycles. The molecule has 6 heteroatoms. The molecule has 0 bridgehead atoms. The lowest BCUT2D eigenvalue weighted by Gasteiger charge is -2.12. The maximum absolute atomic E-state index is 12.2. The van der Waals surface area contributed by atoms with Gasteiger partial charge in [-0.05, 0) is 17.7 Å². The second-order valence-electron chi connectivity index (χ2n) is 5.61. The van der Waals surface area contributed by atoms with Crippen LogP contribution in [0, 0.1) is 0 Å². The molecular weight excluding hydrogens is 410 g/mol. The second-order valence-corrected chi connectivity index (χ2v) is 6.47. The van der Waals surface area contributed by atoms with E-state index in [1.165, 1.54) is 14.2 Å². The first kappa shape index (κ1) is 20.6. The molecule has 27 heavy (non-hydrogen) atoms. The molecule has 0 aliphatic carbocycles. The number of carbonyl (C=O) groups is 2. The average molecular weight is 430 g/mol. The van der Waals surface area contributed by atoms with Gasteiger partial charge in [-0.15, -0.1) is 0 Å². The van der Waals surface area contributed by atoms with Crippen LogP contribution in [0.5, 0.6) is 0 Å². The molecule has 2 rings (SSSR count). The van der Waals surface area contributed by atoms with E-state index in [1.807, 2.05) is 54.6 Å². The summed E-state index contributed by atoms with van der Waals surface area (Å²) in [7, 11) is 2.60. The molecule has 1 atom stereocenters. The zero-order valence-corrected chi connectivity index (χ0v) is 16.7. The first-order valence-electron chi connectivity index (χ1n) is 8.24. The Bertz CT molecular complexity index is 846. The first-order chi connectivity index (χ1) is 13.0. The molecule has 0 saturated carbocycles. The fourth-order valence-electron chi connectivity index (χ4n) is 2.37. The Morgan fingerprint density at radius 1 is 1.04 bits per heavy atom. The summed E-state index contributed by atoms with van der Waals surface area (Å²) in [6, 6.07) is 16.0. The highest BCUT2D eigenvalue weighted by atomic mass is 79.9. The number of benzene rings is 2. The van der Waals surface area contributed by atoms with Crippen LogP contribution in [-0.4, -0.2) is 38.4 Å². The minimum atomic E-state index is -0.865. The van der Waals surface area contributed by atoms with Gasteiger partial charge in [0.25, 0.3) is 0 Å². The van der Waals surface area contributed by atoms with E-state index < -0.39 is 18.0 Å². The summed E-state index contributed by atoms with van der Waals surface area (Å²) in [5, 5.41) is 0. The summed E-state index contributed by atoms with van der Waals surface area (Å²) in [4.78, 5) is 28.7. The van der Waals surface area contributed by atoms with E-state index in [1.54, 1.807) is 12.3 Å². The summed E-state index contributed by atoms with van der Waals surface area (Å²) in [5.74, 6) is -1.04. The van der Waals surface area contributed by atoms with E-state index >= 15 is 0 Å². The highest BCUT2D eigenvalue weighted by Gasteiger charge is 2.23. The smallest absolute Gasteiger partial charge is 0.333 e. The van der Waals surface area contributed by atoms with Crippen LogP contribution in [0.4, 0.5) is 0 Å². The lowest BCUT2D eigenvalue weighted by atomic mass is 10.0. The third-order valence-electron chi connectivity index (χ3n) is 3.77. The number of aliphatic imine (C=N–C) groups is 1. The van der Waals surface area contributed by atoms with Gasteiger partial charge in [-0.2, -0.15) is 0 Å². The van der Waals surface area contributed by atoms with E-state index in [9.17, 15) is 9.59 Å². The maximum atomic E-state index is 12.2. The van der Waals surface area contributed by atoms with E-state index in [-0.39, 0.29) is 6.42 Å². The van der Waals surface area contributed by atoms with Gasteiger partial charge in [0.05, 0.1) is 14.2 Å². The number of halogens is 1. The summed E-state index contributed by atoms with van der Waals surface area (Å²) in [6.45, 7) is 0. The zero-order valence-electron chi connectivity index (χ0n) is 15.1. The summed E-state index contributed by atoms with van der Waals surface area (Å²) in [5.41, 5.74) is 1.98. The molecule has 0 spiro atoms. The van der Waals surface area contributed by atoms with Crippen LogP contribution in [0.2, 0.25) is 0 Å². The van der Waals surface area contributed by atoms with Crippen LogP contribution in [0.15, 0.2) is 69.6 Å². The van der Waals surface area contributed by atoms with Crippen LogP contribution in [0.1, 0.15) is 17.5 Å². The quantitative estimate of drug-likeness (QED) is 0.378. The number of hydrogen-bond donors (Lipinski definition) is 0. The second kappa shape index (κ2) is 10.4. The molecule has 0 aromatic heterocycles. The molecule has 0 heterocycles. The molecule has 0 amide bonds. The van der Waals surface area contributed by atoms with Crippen LogP contribution < -0.4 is 0 Å². The molecule has 5 nitrogen and oxygen atoms in total. The Labute approximate surface area is 166 Å². The summed E-state index contributed by atoms with van der Waals surface area (Å²) in [6.07, 6.45) is 3.34. The number of rotatable bonds is 7. The number of ether oxygens (including phenoxy) is 2. The third kappa shape index (κ3) is 6.18. The van der Waals surface area contributed by atoms with Crippen molar-refractivity contribution < 1.29 is 19.1 Å².